The van der Waals surface area contributed by atoms with E-state index in [1.807, 2.05) is 0 Å². The van der Waals surface area contributed by atoms with E-state index in [9.17, 15) is 9.59 Å². The molecule has 0 aliphatic carbocycles. The summed E-state index contributed by atoms with van der Waals surface area (Å²) in [5.41, 5.74) is 0.778. The molecule has 132 valence electrons. The average molecular weight is 346 g/mol. The summed E-state index contributed by atoms with van der Waals surface area (Å²) >= 11 is 0. The van der Waals surface area contributed by atoms with E-state index in [0.29, 0.717) is 29.4 Å². The van der Waals surface area contributed by atoms with E-state index in [2.05, 4.69) is 5.32 Å². The number of hydrogen-bond donors (Lipinski definition) is 2. The summed E-state index contributed by atoms with van der Waals surface area (Å²) in [4.78, 5) is 24.0. The summed E-state index contributed by atoms with van der Waals surface area (Å²) in [6, 6.07) is 6.39. The second-order valence-corrected chi connectivity index (χ2v) is 5.42. The van der Waals surface area contributed by atoms with Crippen molar-refractivity contribution >= 4 is 11.6 Å². The van der Waals surface area contributed by atoms with Gasteiger partial charge in [-0.15, -0.1) is 0 Å². The highest BCUT2D eigenvalue weighted by atomic mass is 16.7. The van der Waals surface area contributed by atoms with Crippen molar-refractivity contribution in [3.63, 3.8) is 0 Å². The Balaban J connectivity index is 1.64. The lowest BCUT2D eigenvalue weighted by Gasteiger charge is -2.14. The fourth-order valence-corrected chi connectivity index (χ4v) is 2.49. The summed E-state index contributed by atoms with van der Waals surface area (Å²) in [5.74, 6) is 0.870. The average Bonchev–Trinajstić information content (AvgIpc) is 3.05. The van der Waals surface area contributed by atoms with Crippen molar-refractivity contribution in [1.82, 2.24) is 4.57 Å². The predicted molar refractivity (Wildman–Crippen MR) is 89.2 cm³/mol. The predicted octanol–water partition coefficient (Wildman–Crippen LogP) is 0.895. The number of pyridine rings is 1. The van der Waals surface area contributed by atoms with E-state index in [4.69, 9.17) is 19.3 Å². The molecule has 0 bridgehead atoms. The van der Waals surface area contributed by atoms with Crippen molar-refractivity contribution in [2.45, 2.75) is 13.5 Å². The third-order valence-electron chi connectivity index (χ3n) is 3.73. The number of rotatable bonds is 6. The van der Waals surface area contributed by atoms with Gasteiger partial charge in [0, 0.05) is 30.6 Å². The summed E-state index contributed by atoms with van der Waals surface area (Å²) in [6.07, 6.45) is 1.58. The molecule has 2 aromatic rings. The van der Waals surface area contributed by atoms with Crippen molar-refractivity contribution in [2.75, 3.05) is 25.3 Å². The Kier molecular flexibility index (Phi) is 4.90. The second-order valence-electron chi connectivity index (χ2n) is 5.42. The maximum Gasteiger partial charge on any atom is 0.262 e. The molecule has 1 aliphatic rings. The van der Waals surface area contributed by atoms with Gasteiger partial charge in [0.05, 0.1) is 12.3 Å². The lowest BCUT2D eigenvalue weighted by atomic mass is 10.3. The highest BCUT2D eigenvalue weighted by molar-refractivity contribution is 5.92. The molecule has 0 spiro atoms. The van der Waals surface area contributed by atoms with Crippen LogP contribution in [-0.4, -0.2) is 35.6 Å². The minimum absolute atomic E-state index is 0.0618. The molecule has 25 heavy (non-hydrogen) atoms. The Labute approximate surface area is 143 Å². The van der Waals surface area contributed by atoms with E-state index in [0.717, 1.165) is 0 Å². The molecule has 8 heteroatoms. The van der Waals surface area contributed by atoms with Crippen molar-refractivity contribution < 1.29 is 24.1 Å². The Morgan fingerprint density at radius 2 is 2.12 bits per heavy atom. The number of carbonyl (C=O) groups excluding carboxylic acids is 1. The molecule has 8 nitrogen and oxygen atoms in total. The maximum absolute atomic E-state index is 12.1. The number of amides is 1. The van der Waals surface area contributed by atoms with Gasteiger partial charge in [-0.2, -0.15) is 0 Å². The molecule has 0 atom stereocenters. The molecule has 0 radical (unpaired) electrons. The topological polar surface area (TPSA) is 99.0 Å². The van der Waals surface area contributed by atoms with Gasteiger partial charge in [-0.05, 0) is 19.1 Å². The van der Waals surface area contributed by atoms with Gasteiger partial charge >= 0.3 is 0 Å². The third kappa shape index (κ3) is 3.74. The molecule has 3 rings (SSSR count). The monoisotopic (exact) mass is 346 g/mol. The lowest BCUT2D eigenvalue weighted by Crippen LogP contribution is -2.24. The number of anilines is 1. The molecule has 0 saturated heterocycles. The minimum Gasteiger partial charge on any atom is -0.478 e. The zero-order valence-electron chi connectivity index (χ0n) is 13.7. The zero-order chi connectivity index (χ0) is 17.8. The van der Waals surface area contributed by atoms with E-state index in [-0.39, 0.29) is 31.2 Å². The molecule has 1 aromatic heterocycles. The van der Waals surface area contributed by atoms with Gasteiger partial charge in [-0.3, -0.25) is 9.59 Å². The summed E-state index contributed by atoms with van der Waals surface area (Å²) in [5, 5.41) is 11.7. The normalized spacial score (nSPS) is 12.1. The largest absolute Gasteiger partial charge is 0.478 e. The third-order valence-corrected chi connectivity index (χ3v) is 3.73. The zero-order valence-corrected chi connectivity index (χ0v) is 13.7. The molecule has 2 heterocycles. The van der Waals surface area contributed by atoms with Gasteiger partial charge < -0.3 is 29.2 Å². The van der Waals surface area contributed by atoms with E-state index >= 15 is 0 Å². The van der Waals surface area contributed by atoms with Gasteiger partial charge in [0.1, 0.15) is 0 Å². The van der Waals surface area contributed by atoms with Gasteiger partial charge in [0.15, 0.2) is 23.9 Å². The van der Waals surface area contributed by atoms with E-state index in [1.165, 1.54) is 6.07 Å². The SMILES string of the molecule is Cc1c(OCC(=O)Nc2ccc3c(c2)OCO3)c(=O)ccn1CCO. The molecule has 1 aliphatic heterocycles. The Hall–Kier alpha value is -3.00. The van der Waals surface area contributed by atoms with Crippen molar-refractivity contribution in [3.8, 4) is 17.2 Å². The highest BCUT2D eigenvalue weighted by Gasteiger charge is 2.15. The quantitative estimate of drug-likeness (QED) is 0.806. The van der Waals surface area contributed by atoms with Crippen molar-refractivity contribution in [2.24, 2.45) is 0 Å². The van der Waals surface area contributed by atoms with E-state index in [1.54, 1.807) is 35.9 Å². The smallest absolute Gasteiger partial charge is 0.262 e. The van der Waals surface area contributed by atoms with Crippen LogP contribution in [0.25, 0.3) is 0 Å². The number of hydrogen-bond acceptors (Lipinski definition) is 6. The molecular formula is C17H18N2O6. The van der Waals surface area contributed by atoms with Gasteiger partial charge in [-0.1, -0.05) is 0 Å². The number of fused-ring (bicyclic) bond motifs is 1. The van der Waals surface area contributed by atoms with Gasteiger partial charge in [-0.25, -0.2) is 0 Å². The molecular weight excluding hydrogens is 328 g/mol. The van der Waals surface area contributed by atoms with Crippen LogP contribution in [-0.2, 0) is 11.3 Å². The molecule has 0 unspecified atom stereocenters. The van der Waals surface area contributed by atoms with Crippen LogP contribution in [0.1, 0.15) is 5.69 Å². The first-order valence-corrected chi connectivity index (χ1v) is 7.71. The maximum atomic E-state index is 12.1. The number of nitrogens with zero attached hydrogens (tertiary/aromatic N) is 1. The fraction of sp³-hybridized carbons (Fsp3) is 0.294. The van der Waals surface area contributed by atoms with Crippen LogP contribution in [0.5, 0.6) is 17.2 Å². The van der Waals surface area contributed by atoms with E-state index < -0.39 is 5.91 Å². The van der Waals surface area contributed by atoms with Crippen LogP contribution in [0.4, 0.5) is 5.69 Å². The number of aromatic nitrogens is 1. The Morgan fingerprint density at radius 1 is 1.32 bits per heavy atom. The first-order chi connectivity index (χ1) is 12.1. The van der Waals surface area contributed by atoms with Crippen LogP contribution in [0.2, 0.25) is 0 Å². The molecule has 2 N–H and O–H groups in total. The summed E-state index contributed by atoms with van der Waals surface area (Å²) in [7, 11) is 0. The number of carbonyl (C=O) groups is 1. The second kappa shape index (κ2) is 7.27. The molecule has 1 amide bonds. The first kappa shape index (κ1) is 16.8. The molecule has 0 saturated carbocycles. The number of nitrogens with one attached hydrogen (secondary N) is 1. The van der Waals surface area contributed by atoms with Gasteiger partial charge in [0.2, 0.25) is 12.2 Å². The van der Waals surface area contributed by atoms with Crippen LogP contribution >= 0.6 is 0 Å². The summed E-state index contributed by atoms with van der Waals surface area (Å²) < 4.78 is 17.5. The van der Waals surface area contributed by atoms with Crippen LogP contribution < -0.4 is 25.0 Å². The number of ether oxygens (including phenoxy) is 3. The molecule has 0 fully saturated rings. The molecule has 1 aromatic carbocycles. The number of benzene rings is 1. The van der Waals surface area contributed by atoms with Gasteiger partial charge in [0.25, 0.3) is 5.91 Å². The fourth-order valence-electron chi connectivity index (χ4n) is 2.49. The van der Waals surface area contributed by atoms with Crippen LogP contribution in [0.15, 0.2) is 35.3 Å². The van der Waals surface area contributed by atoms with Crippen molar-refractivity contribution in [3.05, 3.63) is 46.4 Å². The lowest BCUT2D eigenvalue weighted by molar-refractivity contribution is -0.118. The highest BCUT2D eigenvalue weighted by Crippen LogP contribution is 2.34. The van der Waals surface area contributed by atoms with Crippen LogP contribution in [0, 0.1) is 6.92 Å². The summed E-state index contributed by atoms with van der Waals surface area (Å²) in [6.45, 7) is 1.82. The Morgan fingerprint density at radius 3 is 2.92 bits per heavy atom. The standard InChI is InChI=1S/C17H18N2O6/c1-11-17(13(21)4-5-19(11)6-7-20)23-9-16(22)18-12-2-3-14-15(8-12)25-10-24-14/h2-5,8,20H,6-7,9-10H2,1H3,(H,18,22). The van der Waals surface area contributed by atoms with Crippen molar-refractivity contribution in [1.29, 1.82) is 0 Å². The van der Waals surface area contributed by atoms with Crippen LogP contribution in [0.3, 0.4) is 0 Å². The number of aliphatic hydroxyl groups is 1. The number of aliphatic hydroxyl groups excluding tert-OH is 1. The first-order valence-electron chi connectivity index (χ1n) is 7.71. The minimum atomic E-state index is -0.407. The Bertz CT molecular complexity index is 846.